The molecule has 1 fully saturated rings. The summed E-state index contributed by atoms with van der Waals surface area (Å²) in [6.45, 7) is 5.29. The van der Waals surface area contributed by atoms with E-state index in [4.69, 9.17) is 4.52 Å². The zero-order valence-electron chi connectivity index (χ0n) is 17.2. The number of aromatic nitrogens is 2. The lowest BCUT2D eigenvalue weighted by atomic mass is 10.2. The van der Waals surface area contributed by atoms with E-state index in [0.29, 0.717) is 44.2 Å². The Bertz CT molecular complexity index is 983. The van der Waals surface area contributed by atoms with Crippen molar-refractivity contribution >= 4 is 21.4 Å². The van der Waals surface area contributed by atoms with E-state index in [2.05, 4.69) is 15.5 Å². The van der Waals surface area contributed by atoms with Gasteiger partial charge in [-0.05, 0) is 31.4 Å². The van der Waals surface area contributed by atoms with Gasteiger partial charge in [0.15, 0.2) is 5.82 Å². The Hall–Kier alpha value is -2.53. The second-order valence-corrected chi connectivity index (χ2v) is 9.57. The Morgan fingerprint density at radius 3 is 2.63 bits per heavy atom. The molecule has 0 atom stereocenters. The van der Waals surface area contributed by atoms with Crippen molar-refractivity contribution in [1.29, 1.82) is 0 Å². The number of nitrogens with zero attached hydrogens (tertiary/aromatic N) is 4. The molecule has 30 heavy (non-hydrogen) atoms. The second-order valence-electron chi connectivity index (χ2n) is 7.63. The van der Waals surface area contributed by atoms with Crippen LogP contribution in [0, 0.1) is 10.1 Å². The van der Waals surface area contributed by atoms with Crippen LogP contribution < -0.4 is 5.32 Å². The molecule has 0 amide bonds. The van der Waals surface area contributed by atoms with Gasteiger partial charge in [-0.15, -0.1) is 0 Å². The smallest absolute Gasteiger partial charge is 0.293 e. The molecule has 0 spiro atoms. The van der Waals surface area contributed by atoms with Crippen molar-refractivity contribution in [2.45, 2.75) is 56.8 Å². The first-order chi connectivity index (χ1) is 14.3. The lowest BCUT2D eigenvalue weighted by molar-refractivity contribution is -0.384. The third kappa shape index (κ3) is 5.14. The minimum Gasteiger partial charge on any atom is -0.379 e. The van der Waals surface area contributed by atoms with Crippen LogP contribution in [0.4, 0.5) is 11.4 Å². The fourth-order valence-corrected chi connectivity index (χ4v) is 4.83. The van der Waals surface area contributed by atoms with Crippen LogP contribution >= 0.6 is 0 Å². The summed E-state index contributed by atoms with van der Waals surface area (Å²) in [5.74, 6) is 1.36. The Morgan fingerprint density at radius 1 is 1.27 bits per heavy atom. The zero-order valence-corrected chi connectivity index (χ0v) is 18.0. The van der Waals surface area contributed by atoms with Gasteiger partial charge in [-0.1, -0.05) is 25.4 Å². The molecule has 0 saturated carbocycles. The minimum atomic E-state index is -3.73. The van der Waals surface area contributed by atoms with Crippen LogP contribution in [0.3, 0.4) is 0 Å². The van der Waals surface area contributed by atoms with Crippen molar-refractivity contribution < 1.29 is 17.9 Å². The van der Waals surface area contributed by atoms with Gasteiger partial charge in [0.25, 0.3) is 5.69 Å². The van der Waals surface area contributed by atoms with E-state index >= 15 is 0 Å². The van der Waals surface area contributed by atoms with Gasteiger partial charge in [-0.3, -0.25) is 10.1 Å². The van der Waals surface area contributed by atoms with Crippen molar-refractivity contribution in [2.24, 2.45) is 0 Å². The third-order valence-electron chi connectivity index (χ3n) is 5.00. The SMILES string of the molecule is CC(C)c1noc(CCCNc2ccc(S(=O)(=O)N3CCCCC3)cc2[N+](=O)[O-])n1. The highest BCUT2D eigenvalue weighted by Gasteiger charge is 2.28. The van der Waals surface area contributed by atoms with Crippen LogP contribution in [-0.2, 0) is 16.4 Å². The number of nitro groups is 1. The number of benzene rings is 1. The van der Waals surface area contributed by atoms with E-state index in [1.54, 1.807) is 0 Å². The minimum absolute atomic E-state index is 0.0475. The average molecular weight is 438 g/mol. The van der Waals surface area contributed by atoms with Crippen molar-refractivity contribution in [3.05, 3.63) is 40.0 Å². The molecule has 0 aliphatic carbocycles. The quantitative estimate of drug-likeness (QED) is 0.359. The summed E-state index contributed by atoms with van der Waals surface area (Å²) in [4.78, 5) is 15.2. The fourth-order valence-electron chi connectivity index (χ4n) is 3.29. The summed E-state index contributed by atoms with van der Waals surface area (Å²) in [7, 11) is -3.73. The van der Waals surface area contributed by atoms with E-state index in [-0.39, 0.29) is 22.2 Å². The molecule has 1 saturated heterocycles. The Balaban J connectivity index is 1.65. The Morgan fingerprint density at radius 2 is 2.00 bits per heavy atom. The van der Waals surface area contributed by atoms with E-state index < -0.39 is 14.9 Å². The number of hydrogen-bond donors (Lipinski definition) is 1. The van der Waals surface area contributed by atoms with Gasteiger partial charge in [0.1, 0.15) is 5.69 Å². The monoisotopic (exact) mass is 437 g/mol. The first-order valence-electron chi connectivity index (χ1n) is 10.1. The number of hydrogen-bond acceptors (Lipinski definition) is 8. The molecule has 0 radical (unpaired) electrons. The summed E-state index contributed by atoms with van der Waals surface area (Å²) < 4.78 is 32.2. The predicted molar refractivity (Wildman–Crippen MR) is 111 cm³/mol. The maximum Gasteiger partial charge on any atom is 0.293 e. The van der Waals surface area contributed by atoms with Crippen LogP contribution in [0.15, 0.2) is 27.6 Å². The van der Waals surface area contributed by atoms with Crippen LogP contribution in [0.2, 0.25) is 0 Å². The van der Waals surface area contributed by atoms with Gasteiger partial charge in [-0.25, -0.2) is 8.42 Å². The number of anilines is 1. The molecule has 10 nitrogen and oxygen atoms in total. The predicted octanol–water partition coefficient (Wildman–Crippen LogP) is 3.32. The highest BCUT2D eigenvalue weighted by Crippen LogP contribution is 2.30. The molecular formula is C19H27N5O5S. The number of nitro benzene ring substituents is 1. The van der Waals surface area contributed by atoms with Gasteiger partial charge in [-0.2, -0.15) is 9.29 Å². The van der Waals surface area contributed by atoms with Gasteiger partial charge in [0.2, 0.25) is 15.9 Å². The molecule has 1 aromatic carbocycles. The molecular weight excluding hydrogens is 410 g/mol. The number of sulfonamides is 1. The van der Waals surface area contributed by atoms with Crippen LogP contribution in [0.25, 0.3) is 0 Å². The molecule has 1 aromatic heterocycles. The van der Waals surface area contributed by atoms with Crippen LogP contribution in [0.5, 0.6) is 0 Å². The normalized spacial score (nSPS) is 15.4. The Labute approximate surface area is 175 Å². The van der Waals surface area contributed by atoms with E-state index in [0.717, 1.165) is 25.3 Å². The van der Waals surface area contributed by atoms with Crippen molar-refractivity contribution in [3.63, 3.8) is 0 Å². The molecule has 3 rings (SSSR count). The topological polar surface area (TPSA) is 131 Å². The fraction of sp³-hybridized carbons (Fsp3) is 0.579. The summed E-state index contributed by atoms with van der Waals surface area (Å²) >= 11 is 0. The average Bonchev–Trinajstić information content (AvgIpc) is 3.21. The lowest BCUT2D eigenvalue weighted by Crippen LogP contribution is -2.35. The third-order valence-corrected chi connectivity index (χ3v) is 6.90. The largest absolute Gasteiger partial charge is 0.379 e. The maximum atomic E-state index is 12.8. The molecule has 1 N–H and O–H groups in total. The molecule has 1 aliphatic heterocycles. The molecule has 2 aromatic rings. The van der Waals surface area contributed by atoms with Gasteiger partial charge >= 0.3 is 0 Å². The van der Waals surface area contributed by atoms with Crippen molar-refractivity contribution in [2.75, 3.05) is 25.0 Å². The molecule has 2 heterocycles. The Kier molecular flexibility index (Phi) is 7.03. The molecule has 1 aliphatic rings. The highest BCUT2D eigenvalue weighted by molar-refractivity contribution is 7.89. The second kappa shape index (κ2) is 9.52. The summed E-state index contributed by atoms with van der Waals surface area (Å²) in [5, 5.41) is 18.4. The number of piperidine rings is 1. The van der Waals surface area contributed by atoms with Gasteiger partial charge < -0.3 is 9.84 Å². The number of aryl methyl sites for hydroxylation is 1. The van der Waals surface area contributed by atoms with E-state index in [9.17, 15) is 18.5 Å². The number of rotatable bonds is 9. The molecule has 164 valence electrons. The van der Waals surface area contributed by atoms with E-state index in [1.807, 2.05) is 13.8 Å². The molecule has 0 bridgehead atoms. The molecule has 0 unspecified atom stereocenters. The number of nitrogens with one attached hydrogen (secondary N) is 1. The highest BCUT2D eigenvalue weighted by atomic mass is 32.2. The first kappa shape index (κ1) is 22.2. The van der Waals surface area contributed by atoms with Crippen LogP contribution in [-0.4, -0.2) is 47.4 Å². The zero-order chi connectivity index (χ0) is 21.7. The summed E-state index contributed by atoms with van der Waals surface area (Å²) in [6, 6.07) is 4.02. The van der Waals surface area contributed by atoms with Crippen molar-refractivity contribution in [3.8, 4) is 0 Å². The van der Waals surface area contributed by atoms with E-state index in [1.165, 1.54) is 16.4 Å². The van der Waals surface area contributed by atoms with Crippen molar-refractivity contribution in [1.82, 2.24) is 14.4 Å². The van der Waals surface area contributed by atoms with Gasteiger partial charge in [0, 0.05) is 38.0 Å². The summed E-state index contributed by atoms with van der Waals surface area (Å²) in [6.07, 6.45) is 3.78. The summed E-state index contributed by atoms with van der Waals surface area (Å²) in [5.41, 5.74) is 0.0268. The molecule has 11 heteroatoms. The van der Waals surface area contributed by atoms with Gasteiger partial charge in [0.05, 0.1) is 9.82 Å². The van der Waals surface area contributed by atoms with Crippen LogP contribution in [0.1, 0.15) is 57.2 Å². The maximum absolute atomic E-state index is 12.8. The standard InChI is InChI=1S/C19H27N5O5S/c1-14(2)19-21-18(29-22-19)7-6-10-20-16-9-8-15(13-17(16)24(25)26)30(27,28)23-11-4-3-5-12-23/h8-9,13-14,20H,3-7,10-12H2,1-2H3. The lowest BCUT2D eigenvalue weighted by Gasteiger charge is -2.25. The first-order valence-corrected chi connectivity index (χ1v) is 11.6.